The number of carbonyl (C=O) groups is 1. The number of halogens is 1. The SMILES string of the molecule is CCOC(=O)CN(Cc1ccc(F)cc1)Cc1ccccc1N(C)C. The van der Waals surface area contributed by atoms with Gasteiger partial charge in [-0.15, -0.1) is 0 Å². The molecule has 0 heterocycles. The highest BCUT2D eigenvalue weighted by atomic mass is 19.1. The monoisotopic (exact) mass is 344 g/mol. The largest absolute Gasteiger partial charge is 0.465 e. The third-order valence-corrected chi connectivity index (χ3v) is 3.84. The quantitative estimate of drug-likeness (QED) is 0.687. The van der Waals surface area contributed by atoms with Crippen LogP contribution < -0.4 is 4.90 Å². The minimum absolute atomic E-state index is 0.187. The molecule has 0 amide bonds. The van der Waals surface area contributed by atoms with Crippen LogP contribution in [0.3, 0.4) is 0 Å². The molecule has 25 heavy (non-hydrogen) atoms. The van der Waals surface area contributed by atoms with Gasteiger partial charge in [-0.25, -0.2) is 4.39 Å². The van der Waals surface area contributed by atoms with Gasteiger partial charge in [0.15, 0.2) is 0 Å². The lowest BCUT2D eigenvalue weighted by Gasteiger charge is -2.25. The Bertz CT molecular complexity index is 686. The van der Waals surface area contributed by atoms with Crippen molar-refractivity contribution in [3.63, 3.8) is 0 Å². The molecule has 0 aliphatic heterocycles. The normalized spacial score (nSPS) is 10.8. The number of carbonyl (C=O) groups excluding carboxylic acids is 1. The molecule has 2 rings (SSSR count). The van der Waals surface area contributed by atoms with E-state index in [2.05, 4.69) is 17.0 Å². The predicted molar refractivity (Wildman–Crippen MR) is 97.9 cm³/mol. The number of rotatable bonds is 8. The summed E-state index contributed by atoms with van der Waals surface area (Å²) >= 11 is 0. The fraction of sp³-hybridized carbons (Fsp3) is 0.350. The predicted octanol–water partition coefficient (Wildman–Crippen LogP) is 3.46. The van der Waals surface area contributed by atoms with Gasteiger partial charge in [-0.1, -0.05) is 30.3 Å². The van der Waals surface area contributed by atoms with Crippen LogP contribution in [0.15, 0.2) is 48.5 Å². The summed E-state index contributed by atoms with van der Waals surface area (Å²) in [6, 6.07) is 14.4. The maximum Gasteiger partial charge on any atom is 0.320 e. The smallest absolute Gasteiger partial charge is 0.320 e. The molecule has 0 aliphatic rings. The van der Waals surface area contributed by atoms with Gasteiger partial charge in [0.1, 0.15) is 5.82 Å². The van der Waals surface area contributed by atoms with Crippen LogP contribution in [0, 0.1) is 5.82 Å². The average molecular weight is 344 g/mol. The number of nitrogens with zero attached hydrogens (tertiary/aromatic N) is 2. The zero-order valence-corrected chi connectivity index (χ0v) is 15.0. The highest BCUT2D eigenvalue weighted by molar-refractivity contribution is 5.71. The number of benzene rings is 2. The Morgan fingerprint density at radius 3 is 2.36 bits per heavy atom. The molecule has 0 fully saturated rings. The fourth-order valence-corrected chi connectivity index (χ4v) is 2.73. The first-order valence-corrected chi connectivity index (χ1v) is 8.37. The Morgan fingerprint density at radius 2 is 1.72 bits per heavy atom. The van der Waals surface area contributed by atoms with E-state index in [0.29, 0.717) is 19.7 Å². The van der Waals surface area contributed by atoms with E-state index in [-0.39, 0.29) is 18.3 Å². The lowest BCUT2D eigenvalue weighted by molar-refractivity contribution is -0.144. The Hall–Kier alpha value is -2.40. The highest BCUT2D eigenvalue weighted by Gasteiger charge is 2.15. The summed E-state index contributed by atoms with van der Waals surface area (Å²) in [5, 5.41) is 0. The van der Waals surface area contributed by atoms with E-state index in [1.165, 1.54) is 12.1 Å². The molecule has 0 unspecified atom stereocenters. The topological polar surface area (TPSA) is 32.8 Å². The second-order valence-electron chi connectivity index (χ2n) is 6.10. The molecule has 0 saturated heterocycles. The maximum atomic E-state index is 13.1. The molecule has 0 saturated carbocycles. The molecule has 5 heteroatoms. The minimum Gasteiger partial charge on any atom is -0.465 e. The van der Waals surface area contributed by atoms with Crippen molar-refractivity contribution in [1.82, 2.24) is 4.90 Å². The third-order valence-electron chi connectivity index (χ3n) is 3.84. The van der Waals surface area contributed by atoms with Gasteiger partial charge in [-0.3, -0.25) is 9.69 Å². The summed E-state index contributed by atoms with van der Waals surface area (Å²) < 4.78 is 18.2. The molecule has 0 aliphatic carbocycles. The van der Waals surface area contributed by atoms with E-state index < -0.39 is 0 Å². The zero-order valence-electron chi connectivity index (χ0n) is 15.0. The van der Waals surface area contributed by atoms with E-state index in [1.54, 1.807) is 19.1 Å². The van der Waals surface area contributed by atoms with Crippen molar-refractivity contribution in [1.29, 1.82) is 0 Å². The van der Waals surface area contributed by atoms with Crippen molar-refractivity contribution in [3.05, 3.63) is 65.5 Å². The Kier molecular flexibility index (Phi) is 6.95. The molecule has 0 atom stereocenters. The fourth-order valence-electron chi connectivity index (χ4n) is 2.73. The number of ether oxygens (including phenoxy) is 1. The van der Waals surface area contributed by atoms with Gasteiger partial charge >= 0.3 is 5.97 Å². The van der Waals surface area contributed by atoms with Gasteiger partial charge in [-0.2, -0.15) is 0 Å². The summed E-state index contributed by atoms with van der Waals surface area (Å²) in [5.74, 6) is -0.523. The summed E-state index contributed by atoms with van der Waals surface area (Å²) in [7, 11) is 3.99. The van der Waals surface area contributed by atoms with Crippen LogP contribution in [0.4, 0.5) is 10.1 Å². The third kappa shape index (κ3) is 5.87. The highest BCUT2D eigenvalue weighted by Crippen LogP contribution is 2.21. The van der Waals surface area contributed by atoms with Gasteiger partial charge in [-0.05, 0) is 36.2 Å². The molecule has 0 N–H and O–H groups in total. The van der Waals surface area contributed by atoms with Gasteiger partial charge in [0, 0.05) is 32.9 Å². The van der Waals surface area contributed by atoms with Crippen molar-refractivity contribution in [2.24, 2.45) is 0 Å². The van der Waals surface area contributed by atoms with E-state index in [1.807, 2.05) is 31.1 Å². The zero-order chi connectivity index (χ0) is 18.2. The number of para-hydroxylation sites is 1. The van der Waals surface area contributed by atoms with Crippen LogP contribution in [-0.4, -0.2) is 38.1 Å². The molecule has 134 valence electrons. The lowest BCUT2D eigenvalue weighted by Crippen LogP contribution is -2.31. The second-order valence-corrected chi connectivity index (χ2v) is 6.10. The molecule has 0 aromatic heterocycles. The van der Waals surface area contributed by atoms with Gasteiger partial charge in [0.25, 0.3) is 0 Å². The number of hydrogen-bond donors (Lipinski definition) is 0. The van der Waals surface area contributed by atoms with Gasteiger partial charge < -0.3 is 9.64 Å². The van der Waals surface area contributed by atoms with Crippen molar-refractivity contribution >= 4 is 11.7 Å². The van der Waals surface area contributed by atoms with E-state index in [0.717, 1.165) is 16.8 Å². The molecule has 4 nitrogen and oxygen atoms in total. The lowest BCUT2D eigenvalue weighted by atomic mass is 10.1. The van der Waals surface area contributed by atoms with Crippen LogP contribution in [0.25, 0.3) is 0 Å². The van der Waals surface area contributed by atoms with E-state index in [4.69, 9.17) is 4.74 Å². The molecule has 2 aromatic carbocycles. The summed E-state index contributed by atoms with van der Waals surface area (Å²) in [5.41, 5.74) is 3.18. The maximum absolute atomic E-state index is 13.1. The van der Waals surface area contributed by atoms with Crippen LogP contribution in [0.2, 0.25) is 0 Å². The Labute approximate surface area is 148 Å². The Morgan fingerprint density at radius 1 is 1.04 bits per heavy atom. The van der Waals surface area contributed by atoms with Crippen LogP contribution >= 0.6 is 0 Å². The van der Waals surface area contributed by atoms with E-state index in [9.17, 15) is 9.18 Å². The molecule has 0 radical (unpaired) electrons. The summed E-state index contributed by atoms with van der Waals surface area (Å²) in [4.78, 5) is 16.0. The second kappa shape index (κ2) is 9.18. The van der Waals surface area contributed by atoms with E-state index >= 15 is 0 Å². The van der Waals surface area contributed by atoms with Crippen LogP contribution in [-0.2, 0) is 22.6 Å². The first-order valence-electron chi connectivity index (χ1n) is 8.37. The summed E-state index contributed by atoms with van der Waals surface area (Å²) in [6.45, 7) is 3.49. The van der Waals surface area contributed by atoms with Crippen molar-refractivity contribution in [3.8, 4) is 0 Å². The van der Waals surface area contributed by atoms with Crippen molar-refractivity contribution in [2.75, 3.05) is 32.1 Å². The van der Waals surface area contributed by atoms with Gasteiger partial charge in [0.05, 0.1) is 13.2 Å². The van der Waals surface area contributed by atoms with Gasteiger partial charge in [0.2, 0.25) is 0 Å². The van der Waals surface area contributed by atoms with Crippen molar-refractivity contribution in [2.45, 2.75) is 20.0 Å². The number of hydrogen-bond acceptors (Lipinski definition) is 4. The molecule has 0 bridgehead atoms. The standard InChI is InChI=1S/C20H25FN2O2/c1-4-25-20(24)15-23(13-16-9-11-18(21)12-10-16)14-17-7-5-6-8-19(17)22(2)3/h5-12H,4,13-15H2,1-3H3. The molecular formula is C20H25FN2O2. The number of esters is 1. The average Bonchev–Trinajstić information content (AvgIpc) is 2.57. The summed E-state index contributed by atoms with van der Waals surface area (Å²) in [6.07, 6.45) is 0. The number of anilines is 1. The van der Waals surface area contributed by atoms with Crippen molar-refractivity contribution < 1.29 is 13.9 Å². The first-order chi connectivity index (χ1) is 12.0. The van der Waals surface area contributed by atoms with Crippen LogP contribution in [0.5, 0.6) is 0 Å². The molecule has 2 aromatic rings. The minimum atomic E-state index is -0.265. The molecule has 0 spiro atoms. The van der Waals surface area contributed by atoms with Crippen LogP contribution in [0.1, 0.15) is 18.1 Å². The first kappa shape index (κ1) is 18.9. The molecular weight excluding hydrogens is 319 g/mol. The Balaban J connectivity index is 2.19.